The van der Waals surface area contributed by atoms with Gasteiger partial charge < -0.3 is 14.1 Å². The number of hydrogen-bond donors (Lipinski definition) is 1. The van der Waals surface area contributed by atoms with Gasteiger partial charge in [0.05, 0.1) is 5.69 Å². The van der Waals surface area contributed by atoms with E-state index in [1.165, 1.54) is 12.3 Å². The van der Waals surface area contributed by atoms with E-state index in [0.29, 0.717) is 11.5 Å². The molecule has 0 saturated heterocycles. The molecule has 1 N–H and O–H groups in total. The Morgan fingerprint density at radius 2 is 2.00 bits per heavy atom. The number of carbonyl (C=O) groups is 1. The maximum Gasteiger partial charge on any atom is 0.341 e. The molecule has 1 atom stereocenters. The first-order chi connectivity index (χ1) is 11.8. The average molecular weight is 337 g/mol. The average Bonchev–Trinajstić information content (AvgIpc) is 2.91. The molecule has 5 heteroatoms. The van der Waals surface area contributed by atoms with Gasteiger partial charge in [-0.3, -0.25) is 4.79 Å². The Labute approximate surface area is 144 Å². The molecule has 4 rings (SSSR count). The van der Waals surface area contributed by atoms with Crippen LogP contribution in [0.2, 0.25) is 0 Å². The Bertz CT molecular complexity index is 1070. The second kappa shape index (κ2) is 5.09. The number of rotatable bonds is 1. The van der Waals surface area contributed by atoms with Crippen LogP contribution in [-0.2, 0) is 6.42 Å². The van der Waals surface area contributed by atoms with Crippen LogP contribution in [0.1, 0.15) is 42.7 Å². The van der Waals surface area contributed by atoms with E-state index in [9.17, 15) is 14.7 Å². The van der Waals surface area contributed by atoms with Crippen LogP contribution in [0.5, 0.6) is 0 Å². The number of para-hydroxylation sites is 1. The molecule has 0 spiro atoms. The number of aromatic carboxylic acids is 1. The Balaban J connectivity index is 2.08. The van der Waals surface area contributed by atoms with E-state index in [-0.39, 0.29) is 17.0 Å². The topological polar surface area (TPSA) is 72.4 Å². The van der Waals surface area contributed by atoms with Crippen molar-refractivity contribution >= 4 is 16.9 Å². The van der Waals surface area contributed by atoms with Crippen molar-refractivity contribution in [3.63, 3.8) is 0 Å². The molecule has 1 aliphatic heterocycles. The number of carboxylic acid groups (broad SMARTS) is 1. The van der Waals surface area contributed by atoms with Crippen molar-refractivity contribution < 1.29 is 14.3 Å². The summed E-state index contributed by atoms with van der Waals surface area (Å²) in [5.41, 5.74) is 1.68. The van der Waals surface area contributed by atoms with Gasteiger partial charge in [-0.15, -0.1) is 0 Å². The van der Waals surface area contributed by atoms with Crippen molar-refractivity contribution in [1.82, 2.24) is 4.57 Å². The third-order valence-electron chi connectivity index (χ3n) is 4.97. The lowest BCUT2D eigenvalue weighted by Gasteiger charge is -2.37. The lowest BCUT2D eigenvalue weighted by atomic mass is 9.80. The summed E-state index contributed by atoms with van der Waals surface area (Å²) in [5.74, 6) is -0.542. The first-order valence-electron chi connectivity index (χ1n) is 8.27. The minimum Gasteiger partial charge on any atom is -0.477 e. The van der Waals surface area contributed by atoms with Crippen LogP contribution in [0, 0.1) is 5.41 Å². The fourth-order valence-corrected chi connectivity index (χ4v) is 3.67. The van der Waals surface area contributed by atoms with Crippen LogP contribution in [0.4, 0.5) is 0 Å². The molecule has 3 aromatic rings. The van der Waals surface area contributed by atoms with Crippen LogP contribution in [-0.4, -0.2) is 15.6 Å². The molecule has 0 saturated carbocycles. The molecule has 5 nitrogen and oxygen atoms in total. The highest BCUT2D eigenvalue weighted by molar-refractivity contribution is 5.90. The largest absolute Gasteiger partial charge is 0.477 e. The third-order valence-corrected chi connectivity index (χ3v) is 4.97. The van der Waals surface area contributed by atoms with E-state index in [0.717, 1.165) is 23.0 Å². The van der Waals surface area contributed by atoms with Crippen molar-refractivity contribution in [2.45, 2.75) is 33.2 Å². The van der Waals surface area contributed by atoms with Gasteiger partial charge in [-0.2, -0.15) is 0 Å². The van der Waals surface area contributed by atoms with Gasteiger partial charge in [0.25, 0.3) is 0 Å². The molecule has 2 aromatic heterocycles. The van der Waals surface area contributed by atoms with Gasteiger partial charge >= 0.3 is 5.97 Å². The zero-order valence-electron chi connectivity index (χ0n) is 14.4. The maximum absolute atomic E-state index is 12.3. The van der Waals surface area contributed by atoms with Gasteiger partial charge in [-0.25, -0.2) is 4.79 Å². The Morgan fingerprint density at radius 3 is 2.68 bits per heavy atom. The number of fused-ring (bicyclic) bond motifs is 5. The van der Waals surface area contributed by atoms with E-state index in [2.05, 4.69) is 20.8 Å². The van der Waals surface area contributed by atoms with Crippen LogP contribution in [0.25, 0.3) is 22.4 Å². The Morgan fingerprint density at radius 1 is 1.28 bits per heavy atom. The fourth-order valence-electron chi connectivity index (χ4n) is 3.67. The van der Waals surface area contributed by atoms with Crippen molar-refractivity contribution in [3.05, 3.63) is 57.9 Å². The minimum atomic E-state index is -1.21. The lowest BCUT2D eigenvalue weighted by molar-refractivity contribution is 0.0693. The number of pyridine rings is 1. The summed E-state index contributed by atoms with van der Waals surface area (Å²) >= 11 is 0. The predicted molar refractivity (Wildman–Crippen MR) is 95.1 cm³/mol. The number of aromatic nitrogens is 1. The van der Waals surface area contributed by atoms with Gasteiger partial charge in [0, 0.05) is 29.3 Å². The van der Waals surface area contributed by atoms with E-state index >= 15 is 0 Å². The fraction of sp³-hybridized carbons (Fsp3) is 0.300. The SMILES string of the molecule is CC(C)(C)C1Cc2c(oc3ccccc23)-c2cc(=O)c(C(=O)O)cn21. The Hall–Kier alpha value is -2.82. The van der Waals surface area contributed by atoms with E-state index < -0.39 is 11.4 Å². The highest BCUT2D eigenvalue weighted by Gasteiger charge is 2.36. The normalized spacial score (nSPS) is 16.5. The van der Waals surface area contributed by atoms with Crippen molar-refractivity contribution in [2.75, 3.05) is 0 Å². The molecule has 0 amide bonds. The van der Waals surface area contributed by atoms with Gasteiger partial charge in [0.1, 0.15) is 11.1 Å². The molecule has 1 aliphatic rings. The summed E-state index contributed by atoms with van der Waals surface area (Å²) in [6.07, 6.45) is 2.19. The van der Waals surface area contributed by atoms with E-state index in [1.54, 1.807) is 0 Å². The highest BCUT2D eigenvalue weighted by atomic mass is 16.4. The molecule has 128 valence electrons. The summed E-state index contributed by atoms with van der Waals surface area (Å²) in [6.45, 7) is 6.35. The molecule has 25 heavy (non-hydrogen) atoms. The van der Waals surface area contributed by atoms with Gasteiger partial charge in [0.15, 0.2) is 11.2 Å². The zero-order valence-corrected chi connectivity index (χ0v) is 14.4. The number of nitrogens with zero attached hydrogens (tertiary/aromatic N) is 1. The van der Waals surface area contributed by atoms with E-state index in [4.69, 9.17) is 4.42 Å². The first-order valence-corrected chi connectivity index (χ1v) is 8.27. The molecule has 3 heterocycles. The minimum absolute atomic E-state index is 0.0229. The summed E-state index contributed by atoms with van der Waals surface area (Å²) in [5, 5.41) is 10.4. The number of furan rings is 1. The number of benzene rings is 1. The second-order valence-corrected chi connectivity index (χ2v) is 7.64. The van der Waals surface area contributed by atoms with Crippen LogP contribution in [0.3, 0.4) is 0 Å². The smallest absolute Gasteiger partial charge is 0.341 e. The number of carboxylic acids is 1. The highest BCUT2D eigenvalue weighted by Crippen LogP contribution is 2.45. The maximum atomic E-state index is 12.3. The Kier molecular flexibility index (Phi) is 3.19. The quantitative estimate of drug-likeness (QED) is 0.725. The lowest BCUT2D eigenvalue weighted by Crippen LogP contribution is -2.32. The van der Waals surface area contributed by atoms with Crippen LogP contribution >= 0.6 is 0 Å². The molecular weight excluding hydrogens is 318 g/mol. The van der Waals surface area contributed by atoms with E-state index in [1.807, 2.05) is 28.8 Å². The van der Waals surface area contributed by atoms with Gasteiger partial charge in [0.2, 0.25) is 0 Å². The summed E-state index contributed by atoms with van der Waals surface area (Å²) < 4.78 is 7.92. The molecule has 0 fully saturated rings. The first kappa shape index (κ1) is 15.7. The summed E-state index contributed by atoms with van der Waals surface area (Å²) in [6, 6.07) is 9.24. The zero-order chi connectivity index (χ0) is 17.9. The molecule has 0 bridgehead atoms. The summed E-state index contributed by atoms with van der Waals surface area (Å²) in [4.78, 5) is 23.7. The predicted octanol–water partition coefficient (Wildman–Crippen LogP) is 4.10. The second-order valence-electron chi connectivity index (χ2n) is 7.64. The molecule has 0 aliphatic carbocycles. The molecular formula is C20H19NO4. The van der Waals surface area contributed by atoms with Crippen molar-refractivity contribution in [3.8, 4) is 11.5 Å². The summed E-state index contributed by atoms with van der Waals surface area (Å²) in [7, 11) is 0. The number of hydrogen-bond acceptors (Lipinski definition) is 3. The molecule has 1 unspecified atom stereocenters. The van der Waals surface area contributed by atoms with Gasteiger partial charge in [-0.05, 0) is 17.9 Å². The van der Waals surface area contributed by atoms with Crippen molar-refractivity contribution in [2.24, 2.45) is 5.41 Å². The van der Waals surface area contributed by atoms with Gasteiger partial charge in [-0.1, -0.05) is 39.0 Å². The third kappa shape index (κ3) is 2.30. The van der Waals surface area contributed by atoms with Crippen molar-refractivity contribution in [1.29, 1.82) is 0 Å². The van der Waals surface area contributed by atoms with Crippen LogP contribution in [0.15, 0.2) is 45.7 Å². The standard InChI is InChI=1S/C20H19NO4/c1-20(2,3)17-8-12-11-6-4-5-7-16(11)25-18(12)14-9-15(22)13(19(23)24)10-21(14)17/h4-7,9-10,17H,8H2,1-3H3,(H,23,24). The monoisotopic (exact) mass is 337 g/mol. The molecule has 0 radical (unpaired) electrons. The van der Waals surface area contributed by atoms with Crippen LogP contribution < -0.4 is 5.43 Å². The molecule has 1 aromatic carbocycles.